The zero-order valence-electron chi connectivity index (χ0n) is 12.2. The van der Waals surface area contributed by atoms with Crippen molar-refractivity contribution in [1.29, 1.82) is 0 Å². The van der Waals surface area contributed by atoms with Gasteiger partial charge >= 0.3 is 0 Å². The third kappa shape index (κ3) is 3.79. The fraction of sp³-hybridized carbons (Fsp3) is 0.600. The average Bonchev–Trinajstić information content (AvgIpc) is 2.48. The Morgan fingerprint density at radius 1 is 1.45 bits per heavy atom. The Morgan fingerprint density at radius 3 is 2.70 bits per heavy atom. The van der Waals surface area contributed by atoms with Crippen LogP contribution in [0, 0.1) is 0 Å². The molecule has 20 heavy (non-hydrogen) atoms. The lowest BCUT2D eigenvalue weighted by atomic mass is 10.0. The molecule has 0 N–H and O–H groups in total. The van der Waals surface area contributed by atoms with Crippen molar-refractivity contribution >= 4 is 21.8 Å². The number of piperidine rings is 1. The highest BCUT2D eigenvalue weighted by Crippen LogP contribution is 2.18. The van der Waals surface area contributed by atoms with Crippen molar-refractivity contribution in [3.05, 3.63) is 28.5 Å². The summed E-state index contributed by atoms with van der Waals surface area (Å²) in [5.74, 6) is 0.0685. The fourth-order valence-corrected chi connectivity index (χ4v) is 2.95. The van der Waals surface area contributed by atoms with E-state index in [-0.39, 0.29) is 5.91 Å². The topological polar surface area (TPSA) is 36.4 Å². The molecule has 0 spiro atoms. The molecule has 5 heteroatoms. The zero-order valence-corrected chi connectivity index (χ0v) is 13.8. The number of hydrogen-bond donors (Lipinski definition) is 0. The first kappa shape index (κ1) is 15.4. The van der Waals surface area contributed by atoms with Gasteiger partial charge in [-0.05, 0) is 53.9 Å². The normalized spacial score (nSPS) is 17.1. The van der Waals surface area contributed by atoms with E-state index in [0.29, 0.717) is 11.6 Å². The third-order valence-electron chi connectivity index (χ3n) is 3.94. The number of likely N-dealkylation sites (tertiary alicyclic amines) is 1. The number of carbonyl (C=O) groups excluding carboxylic acids is 1. The summed E-state index contributed by atoms with van der Waals surface area (Å²) >= 11 is 3.29. The van der Waals surface area contributed by atoms with Crippen LogP contribution in [0.3, 0.4) is 0 Å². The molecule has 1 fully saturated rings. The molecule has 2 rings (SSSR count). The molecule has 1 aliphatic heterocycles. The Morgan fingerprint density at radius 2 is 2.15 bits per heavy atom. The van der Waals surface area contributed by atoms with E-state index in [1.165, 1.54) is 13.0 Å². The third-order valence-corrected chi connectivity index (χ3v) is 4.41. The molecule has 0 aromatic carbocycles. The minimum Gasteiger partial charge on any atom is -0.339 e. The van der Waals surface area contributed by atoms with Gasteiger partial charge in [-0.15, -0.1) is 0 Å². The number of pyridine rings is 1. The lowest BCUT2D eigenvalue weighted by Crippen LogP contribution is -2.45. The van der Waals surface area contributed by atoms with Crippen LogP contribution >= 0.6 is 15.9 Å². The van der Waals surface area contributed by atoms with Crippen LogP contribution in [-0.2, 0) is 0 Å². The second kappa shape index (κ2) is 7.18. The Hall–Kier alpha value is -0.940. The van der Waals surface area contributed by atoms with Crippen molar-refractivity contribution in [3.63, 3.8) is 0 Å². The van der Waals surface area contributed by atoms with E-state index in [1.54, 1.807) is 6.20 Å². The Bertz CT molecular complexity index is 441. The predicted molar refractivity (Wildman–Crippen MR) is 83.8 cm³/mol. The highest BCUT2D eigenvalue weighted by atomic mass is 79.9. The van der Waals surface area contributed by atoms with Gasteiger partial charge in [0, 0.05) is 32.4 Å². The SMILES string of the molecule is CCCN1CCC(N(C)C(=O)c2ccc(Br)nc2)CC1. The van der Waals surface area contributed by atoms with E-state index < -0.39 is 0 Å². The van der Waals surface area contributed by atoms with Gasteiger partial charge in [-0.25, -0.2) is 4.98 Å². The maximum absolute atomic E-state index is 12.4. The van der Waals surface area contributed by atoms with Crippen LogP contribution in [0.4, 0.5) is 0 Å². The Labute approximate surface area is 129 Å². The number of carbonyl (C=O) groups is 1. The molecule has 1 aromatic heterocycles. The maximum atomic E-state index is 12.4. The minimum absolute atomic E-state index is 0.0685. The summed E-state index contributed by atoms with van der Waals surface area (Å²) in [6, 6.07) is 3.98. The summed E-state index contributed by atoms with van der Waals surface area (Å²) < 4.78 is 0.754. The van der Waals surface area contributed by atoms with Crippen molar-refractivity contribution in [2.75, 3.05) is 26.7 Å². The van der Waals surface area contributed by atoms with E-state index in [1.807, 2.05) is 24.1 Å². The maximum Gasteiger partial charge on any atom is 0.255 e. The quantitative estimate of drug-likeness (QED) is 0.791. The number of amides is 1. The molecule has 1 aromatic rings. The molecule has 1 saturated heterocycles. The van der Waals surface area contributed by atoms with Crippen LogP contribution in [0.5, 0.6) is 0 Å². The second-order valence-electron chi connectivity index (χ2n) is 5.36. The summed E-state index contributed by atoms with van der Waals surface area (Å²) in [7, 11) is 1.91. The molecule has 0 aliphatic carbocycles. The summed E-state index contributed by atoms with van der Waals surface area (Å²) in [6.07, 6.45) is 4.96. The van der Waals surface area contributed by atoms with Gasteiger partial charge in [-0.3, -0.25) is 4.79 Å². The molecule has 4 nitrogen and oxygen atoms in total. The van der Waals surface area contributed by atoms with Gasteiger partial charge in [0.1, 0.15) is 4.60 Å². The highest BCUT2D eigenvalue weighted by Gasteiger charge is 2.25. The van der Waals surface area contributed by atoms with E-state index in [0.717, 1.165) is 30.5 Å². The summed E-state index contributed by atoms with van der Waals surface area (Å²) in [4.78, 5) is 20.9. The number of aromatic nitrogens is 1. The largest absolute Gasteiger partial charge is 0.339 e. The van der Waals surface area contributed by atoms with Gasteiger partial charge in [-0.2, -0.15) is 0 Å². The standard InChI is InChI=1S/C15H22BrN3O/c1-3-8-19-9-6-13(7-10-19)18(2)15(20)12-4-5-14(16)17-11-12/h4-5,11,13H,3,6-10H2,1-2H3. The summed E-state index contributed by atoms with van der Waals surface area (Å²) in [6.45, 7) is 5.56. The van der Waals surface area contributed by atoms with Crippen LogP contribution in [0.1, 0.15) is 36.5 Å². The van der Waals surface area contributed by atoms with Crippen molar-refractivity contribution < 1.29 is 4.79 Å². The van der Waals surface area contributed by atoms with Crippen molar-refractivity contribution in [2.45, 2.75) is 32.2 Å². The summed E-state index contributed by atoms with van der Waals surface area (Å²) in [5.41, 5.74) is 0.659. The lowest BCUT2D eigenvalue weighted by Gasteiger charge is -2.36. The Kier molecular flexibility index (Phi) is 5.54. The first-order chi connectivity index (χ1) is 9.61. The van der Waals surface area contributed by atoms with E-state index in [9.17, 15) is 4.79 Å². The van der Waals surface area contributed by atoms with Gasteiger partial charge in [0.05, 0.1) is 5.56 Å². The molecule has 0 atom stereocenters. The molecule has 0 unspecified atom stereocenters. The molecule has 110 valence electrons. The Balaban J connectivity index is 1.93. The zero-order chi connectivity index (χ0) is 14.5. The second-order valence-corrected chi connectivity index (χ2v) is 6.17. The first-order valence-corrected chi connectivity index (χ1v) is 8.02. The van der Waals surface area contributed by atoms with E-state index in [4.69, 9.17) is 0 Å². The molecule has 1 amide bonds. The minimum atomic E-state index is 0.0685. The molecule has 1 aliphatic rings. The van der Waals surface area contributed by atoms with Crippen LogP contribution < -0.4 is 0 Å². The molecular formula is C15H22BrN3O. The van der Waals surface area contributed by atoms with Crippen LogP contribution in [0.25, 0.3) is 0 Å². The number of rotatable bonds is 4. The first-order valence-electron chi connectivity index (χ1n) is 7.23. The van der Waals surface area contributed by atoms with Crippen LogP contribution in [0.2, 0.25) is 0 Å². The summed E-state index contributed by atoms with van der Waals surface area (Å²) in [5, 5.41) is 0. The smallest absolute Gasteiger partial charge is 0.255 e. The predicted octanol–water partition coefficient (Wildman–Crippen LogP) is 2.79. The number of halogens is 1. The van der Waals surface area contributed by atoms with E-state index >= 15 is 0 Å². The van der Waals surface area contributed by atoms with Crippen molar-refractivity contribution in [1.82, 2.24) is 14.8 Å². The monoisotopic (exact) mass is 339 g/mol. The molecule has 0 saturated carbocycles. The highest BCUT2D eigenvalue weighted by molar-refractivity contribution is 9.10. The van der Waals surface area contributed by atoms with Crippen molar-refractivity contribution in [2.24, 2.45) is 0 Å². The average molecular weight is 340 g/mol. The number of nitrogens with zero attached hydrogens (tertiary/aromatic N) is 3. The van der Waals surface area contributed by atoms with Gasteiger partial charge in [0.15, 0.2) is 0 Å². The van der Waals surface area contributed by atoms with Gasteiger partial charge in [0.25, 0.3) is 5.91 Å². The molecule has 0 bridgehead atoms. The molecule has 0 radical (unpaired) electrons. The molecule has 2 heterocycles. The fourth-order valence-electron chi connectivity index (χ4n) is 2.72. The van der Waals surface area contributed by atoms with Crippen molar-refractivity contribution in [3.8, 4) is 0 Å². The van der Waals surface area contributed by atoms with Gasteiger partial charge in [-0.1, -0.05) is 6.92 Å². The van der Waals surface area contributed by atoms with Crippen LogP contribution in [0.15, 0.2) is 22.9 Å². The van der Waals surface area contributed by atoms with Crippen LogP contribution in [-0.4, -0.2) is 53.4 Å². The number of hydrogen-bond acceptors (Lipinski definition) is 3. The van der Waals surface area contributed by atoms with Gasteiger partial charge in [0.2, 0.25) is 0 Å². The van der Waals surface area contributed by atoms with Gasteiger partial charge < -0.3 is 9.80 Å². The van der Waals surface area contributed by atoms with E-state index in [2.05, 4.69) is 32.7 Å². The molecular weight excluding hydrogens is 318 g/mol. The lowest BCUT2D eigenvalue weighted by molar-refractivity contribution is 0.0642.